The Balaban J connectivity index is 2.58. The lowest BCUT2D eigenvalue weighted by molar-refractivity contribution is -0.722. The van der Waals surface area contributed by atoms with E-state index in [1.165, 1.54) is 11.1 Å². The summed E-state index contributed by atoms with van der Waals surface area (Å²) in [6.45, 7) is 13.8. The molecule has 0 aliphatic rings. The van der Waals surface area contributed by atoms with Crippen LogP contribution in [0, 0.1) is 6.92 Å². The van der Waals surface area contributed by atoms with Gasteiger partial charge in [-0.1, -0.05) is 26.0 Å². The maximum absolute atomic E-state index is 10.0. The number of quaternary nitrogens is 1. The van der Waals surface area contributed by atoms with E-state index in [-0.39, 0.29) is 5.54 Å². The predicted molar refractivity (Wildman–Crippen MR) is 83.3 cm³/mol. The van der Waals surface area contributed by atoms with E-state index in [1.54, 1.807) is 0 Å². The molecule has 1 rings (SSSR count). The van der Waals surface area contributed by atoms with Crippen LogP contribution >= 0.6 is 0 Å². The minimum absolute atomic E-state index is 0.132. The Morgan fingerprint density at radius 3 is 2.45 bits per heavy atom. The molecule has 1 aromatic carbocycles. The van der Waals surface area contributed by atoms with E-state index >= 15 is 0 Å². The average Bonchev–Trinajstić information content (AvgIpc) is 2.32. The minimum Gasteiger partial charge on any atom is -0.490 e. The summed E-state index contributed by atoms with van der Waals surface area (Å²) in [5.41, 5.74) is 2.51. The number of nitrogens with two attached hydrogens (primary N) is 1. The van der Waals surface area contributed by atoms with Crippen LogP contribution in [0.15, 0.2) is 18.2 Å². The number of benzene rings is 1. The number of rotatable bonds is 6. The molecule has 3 nitrogen and oxygen atoms in total. The van der Waals surface area contributed by atoms with Crippen LogP contribution in [0.4, 0.5) is 0 Å². The van der Waals surface area contributed by atoms with Gasteiger partial charge in [0.15, 0.2) is 0 Å². The first-order chi connectivity index (χ1) is 9.19. The van der Waals surface area contributed by atoms with Gasteiger partial charge >= 0.3 is 0 Å². The van der Waals surface area contributed by atoms with E-state index in [9.17, 15) is 5.11 Å². The molecule has 114 valence electrons. The molecule has 1 aromatic rings. The second kappa shape index (κ2) is 7.09. The lowest BCUT2D eigenvalue weighted by Crippen LogP contribution is -2.96. The molecule has 0 aliphatic carbocycles. The van der Waals surface area contributed by atoms with E-state index < -0.39 is 6.10 Å². The van der Waals surface area contributed by atoms with Crippen molar-refractivity contribution in [3.63, 3.8) is 0 Å². The standard InChI is InChI=1S/C17H29NO2/c1-12(2)15-8-7-13(3)9-16(15)20-11-14(19)10-18-17(4,5)6/h7-9,12,14,18-19H,10-11H2,1-6H3/p+1/t14-/m1/s1. The van der Waals surface area contributed by atoms with Crippen molar-refractivity contribution in [2.75, 3.05) is 13.2 Å². The molecule has 0 aliphatic heterocycles. The van der Waals surface area contributed by atoms with E-state index in [1.807, 2.05) is 0 Å². The highest BCUT2D eigenvalue weighted by Crippen LogP contribution is 2.27. The van der Waals surface area contributed by atoms with Gasteiger partial charge in [0.25, 0.3) is 0 Å². The fraction of sp³-hybridized carbons (Fsp3) is 0.647. The maximum Gasteiger partial charge on any atom is 0.137 e. The van der Waals surface area contributed by atoms with Crippen LogP contribution in [-0.4, -0.2) is 29.9 Å². The van der Waals surface area contributed by atoms with Crippen molar-refractivity contribution in [2.45, 2.75) is 59.1 Å². The quantitative estimate of drug-likeness (QED) is 0.839. The molecule has 0 unspecified atom stereocenters. The summed E-state index contributed by atoms with van der Waals surface area (Å²) in [6, 6.07) is 6.27. The molecule has 3 heteroatoms. The first kappa shape index (κ1) is 17.0. The first-order valence-corrected chi connectivity index (χ1v) is 7.45. The molecular weight excluding hydrogens is 250 g/mol. The van der Waals surface area contributed by atoms with Crippen molar-refractivity contribution in [3.05, 3.63) is 29.3 Å². The highest BCUT2D eigenvalue weighted by molar-refractivity contribution is 5.39. The average molecular weight is 280 g/mol. The highest BCUT2D eigenvalue weighted by atomic mass is 16.5. The SMILES string of the molecule is Cc1ccc(C(C)C)c(OC[C@H](O)C[NH2+]C(C)(C)C)c1. The molecular formula is C17H30NO2+. The molecule has 0 bridgehead atoms. The third kappa shape index (κ3) is 5.93. The topological polar surface area (TPSA) is 46.1 Å². The van der Waals surface area contributed by atoms with Crippen LogP contribution in [0.1, 0.15) is 51.7 Å². The number of ether oxygens (including phenoxy) is 1. The van der Waals surface area contributed by atoms with Gasteiger partial charge in [-0.2, -0.15) is 0 Å². The second-order valence-electron chi connectivity index (χ2n) is 6.97. The Kier molecular flexibility index (Phi) is 6.03. The van der Waals surface area contributed by atoms with Gasteiger partial charge in [0.2, 0.25) is 0 Å². The molecule has 0 aromatic heterocycles. The van der Waals surface area contributed by atoms with Gasteiger partial charge in [-0.3, -0.25) is 0 Å². The fourth-order valence-electron chi connectivity index (χ4n) is 1.99. The summed E-state index contributed by atoms with van der Waals surface area (Å²) < 4.78 is 5.84. The Hall–Kier alpha value is -1.06. The fourth-order valence-corrected chi connectivity index (χ4v) is 1.99. The number of hydrogen-bond acceptors (Lipinski definition) is 2. The maximum atomic E-state index is 10.0. The second-order valence-corrected chi connectivity index (χ2v) is 6.97. The molecule has 0 radical (unpaired) electrons. The molecule has 0 saturated carbocycles. The van der Waals surface area contributed by atoms with Crippen molar-refractivity contribution >= 4 is 0 Å². The van der Waals surface area contributed by atoms with Crippen LogP contribution in [0.2, 0.25) is 0 Å². The molecule has 3 N–H and O–H groups in total. The highest BCUT2D eigenvalue weighted by Gasteiger charge is 2.17. The molecule has 0 fully saturated rings. The molecule has 0 saturated heterocycles. The van der Waals surface area contributed by atoms with Gasteiger partial charge in [-0.25, -0.2) is 0 Å². The Morgan fingerprint density at radius 1 is 1.25 bits per heavy atom. The lowest BCUT2D eigenvalue weighted by atomic mass is 10.0. The predicted octanol–water partition coefficient (Wildman–Crippen LogP) is 2.22. The molecule has 20 heavy (non-hydrogen) atoms. The van der Waals surface area contributed by atoms with Crippen molar-refractivity contribution < 1.29 is 15.2 Å². The normalized spacial score (nSPS) is 13.6. The van der Waals surface area contributed by atoms with Gasteiger partial charge < -0.3 is 15.2 Å². The summed E-state index contributed by atoms with van der Waals surface area (Å²) in [5.74, 6) is 1.32. The van der Waals surface area contributed by atoms with Crippen molar-refractivity contribution in [1.29, 1.82) is 0 Å². The third-order valence-corrected chi connectivity index (χ3v) is 3.22. The zero-order valence-corrected chi connectivity index (χ0v) is 13.7. The Labute approximate surface area is 123 Å². The van der Waals surface area contributed by atoms with Crippen molar-refractivity contribution in [1.82, 2.24) is 0 Å². The monoisotopic (exact) mass is 280 g/mol. The summed E-state index contributed by atoms with van der Waals surface area (Å²) in [4.78, 5) is 0. The lowest BCUT2D eigenvalue weighted by Gasteiger charge is -2.20. The van der Waals surface area contributed by atoms with Crippen LogP contribution < -0.4 is 10.1 Å². The summed E-state index contributed by atoms with van der Waals surface area (Å²) in [7, 11) is 0. The van der Waals surface area contributed by atoms with Gasteiger partial charge in [0.1, 0.15) is 25.0 Å². The summed E-state index contributed by atoms with van der Waals surface area (Å²) >= 11 is 0. The van der Waals surface area contributed by atoms with Gasteiger partial charge in [0, 0.05) is 0 Å². The van der Waals surface area contributed by atoms with E-state index in [2.05, 4.69) is 65.1 Å². The van der Waals surface area contributed by atoms with Gasteiger partial charge in [0.05, 0.1) is 5.54 Å². The van der Waals surface area contributed by atoms with E-state index in [4.69, 9.17) is 4.74 Å². The number of hydrogen-bond donors (Lipinski definition) is 2. The molecule has 1 atom stereocenters. The number of aliphatic hydroxyl groups is 1. The minimum atomic E-state index is -0.449. The zero-order chi connectivity index (χ0) is 15.3. The smallest absolute Gasteiger partial charge is 0.137 e. The summed E-state index contributed by atoms with van der Waals surface area (Å²) in [5, 5.41) is 12.2. The van der Waals surface area contributed by atoms with Crippen molar-refractivity contribution in [2.24, 2.45) is 0 Å². The van der Waals surface area contributed by atoms with Crippen LogP contribution in [-0.2, 0) is 0 Å². The van der Waals surface area contributed by atoms with Crippen molar-refractivity contribution in [3.8, 4) is 5.75 Å². The van der Waals surface area contributed by atoms with Crippen LogP contribution in [0.25, 0.3) is 0 Å². The molecule has 0 amide bonds. The van der Waals surface area contributed by atoms with Crippen LogP contribution in [0.5, 0.6) is 5.75 Å². The Morgan fingerprint density at radius 2 is 1.90 bits per heavy atom. The van der Waals surface area contributed by atoms with E-state index in [0.717, 1.165) is 5.75 Å². The van der Waals surface area contributed by atoms with E-state index in [0.29, 0.717) is 19.1 Å². The molecule has 0 spiro atoms. The van der Waals surface area contributed by atoms with Gasteiger partial charge in [-0.15, -0.1) is 0 Å². The van der Waals surface area contributed by atoms with Crippen LogP contribution in [0.3, 0.4) is 0 Å². The zero-order valence-electron chi connectivity index (χ0n) is 13.7. The number of aryl methyl sites for hydroxylation is 1. The largest absolute Gasteiger partial charge is 0.490 e. The van der Waals surface area contributed by atoms with Gasteiger partial charge in [-0.05, 0) is 50.8 Å². The third-order valence-electron chi connectivity index (χ3n) is 3.22. The first-order valence-electron chi connectivity index (χ1n) is 7.45. The summed E-state index contributed by atoms with van der Waals surface area (Å²) in [6.07, 6.45) is -0.449. The molecule has 0 heterocycles. The number of aliphatic hydroxyl groups excluding tert-OH is 1. The Bertz CT molecular complexity index is 421.